The summed E-state index contributed by atoms with van der Waals surface area (Å²) in [5.74, 6) is 0.711. The first-order valence-corrected chi connectivity index (χ1v) is 13.6. The highest BCUT2D eigenvalue weighted by Crippen LogP contribution is 2.34. The van der Waals surface area contributed by atoms with Crippen LogP contribution in [0, 0.1) is 17.0 Å². The molecule has 3 heterocycles. The summed E-state index contributed by atoms with van der Waals surface area (Å²) in [4.78, 5) is 31.8. The molecule has 2 aromatic heterocycles. The Labute approximate surface area is 225 Å². The van der Waals surface area contributed by atoms with Gasteiger partial charge in [0.15, 0.2) is 5.82 Å². The molecule has 1 atom stereocenters. The van der Waals surface area contributed by atoms with Gasteiger partial charge in [0.25, 0.3) is 11.2 Å². The predicted molar refractivity (Wildman–Crippen MR) is 148 cm³/mol. The van der Waals surface area contributed by atoms with Crippen molar-refractivity contribution in [3.63, 3.8) is 0 Å². The molecular formula is C28H32N8O3. The summed E-state index contributed by atoms with van der Waals surface area (Å²) in [6.07, 6.45) is 5.60. The Bertz CT molecular complexity index is 1530. The Morgan fingerprint density at radius 2 is 1.74 bits per heavy atom. The van der Waals surface area contributed by atoms with E-state index in [-0.39, 0.29) is 22.2 Å². The third-order valence-electron chi connectivity index (χ3n) is 8.11. The van der Waals surface area contributed by atoms with Crippen molar-refractivity contribution >= 4 is 22.3 Å². The average molecular weight is 529 g/mol. The molecule has 0 spiro atoms. The number of non-ortho nitro benzene ring substituents is 1. The van der Waals surface area contributed by atoms with Gasteiger partial charge in [-0.25, -0.2) is 4.68 Å². The van der Waals surface area contributed by atoms with Gasteiger partial charge >= 0.3 is 0 Å². The predicted octanol–water partition coefficient (Wildman–Crippen LogP) is 4.15. The molecule has 6 rings (SSSR count). The Hall–Kier alpha value is -4.12. The molecule has 0 radical (unpaired) electrons. The van der Waals surface area contributed by atoms with Gasteiger partial charge in [0, 0.05) is 55.1 Å². The van der Waals surface area contributed by atoms with Gasteiger partial charge in [0.2, 0.25) is 0 Å². The average Bonchev–Trinajstić information content (AvgIpc) is 3.44. The van der Waals surface area contributed by atoms with Crippen LogP contribution in [0.2, 0.25) is 0 Å². The number of H-pyrrole nitrogens is 1. The van der Waals surface area contributed by atoms with Crippen molar-refractivity contribution in [3.8, 4) is 0 Å². The zero-order valence-corrected chi connectivity index (χ0v) is 22.0. The fraction of sp³-hybridized carbons (Fsp3) is 0.429. The number of pyridine rings is 1. The van der Waals surface area contributed by atoms with E-state index in [1.54, 1.807) is 24.3 Å². The highest BCUT2D eigenvalue weighted by atomic mass is 16.6. The number of hydrogen-bond acceptors (Lipinski definition) is 8. The first kappa shape index (κ1) is 25.2. The van der Waals surface area contributed by atoms with E-state index in [4.69, 9.17) is 0 Å². The van der Waals surface area contributed by atoms with Gasteiger partial charge in [-0.05, 0) is 65.4 Å². The molecule has 11 nitrogen and oxygen atoms in total. The van der Waals surface area contributed by atoms with Crippen LogP contribution < -0.4 is 10.5 Å². The van der Waals surface area contributed by atoms with E-state index in [1.165, 1.54) is 6.42 Å². The summed E-state index contributed by atoms with van der Waals surface area (Å²) in [6.45, 7) is 4.81. The van der Waals surface area contributed by atoms with Crippen LogP contribution in [0.5, 0.6) is 0 Å². The number of fused-ring (bicyclic) bond motifs is 1. The van der Waals surface area contributed by atoms with Crippen LogP contribution in [0.1, 0.15) is 61.1 Å². The Kier molecular flexibility index (Phi) is 6.82. The minimum Gasteiger partial charge on any atom is -0.369 e. The first-order chi connectivity index (χ1) is 19.0. The number of piperazine rings is 1. The molecule has 1 aliphatic carbocycles. The molecule has 0 amide bonds. The number of nitrogens with zero attached hydrogens (tertiary/aromatic N) is 7. The number of aryl methyl sites for hydroxylation is 1. The maximum atomic E-state index is 13.6. The number of anilines is 1. The second kappa shape index (κ2) is 10.6. The Balaban J connectivity index is 1.35. The molecular weight excluding hydrogens is 496 g/mol. The summed E-state index contributed by atoms with van der Waals surface area (Å²) < 4.78 is 1.96. The summed E-state index contributed by atoms with van der Waals surface area (Å²) >= 11 is 0. The van der Waals surface area contributed by atoms with Crippen molar-refractivity contribution < 1.29 is 4.92 Å². The van der Waals surface area contributed by atoms with Gasteiger partial charge < -0.3 is 9.88 Å². The van der Waals surface area contributed by atoms with E-state index >= 15 is 0 Å². The van der Waals surface area contributed by atoms with E-state index in [0.717, 1.165) is 47.8 Å². The van der Waals surface area contributed by atoms with Crippen LogP contribution >= 0.6 is 0 Å². The monoisotopic (exact) mass is 528 g/mol. The number of nitrogens with one attached hydrogen (secondary N) is 1. The van der Waals surface area contributed by atoms with E-state index in [0.29, 0.717) is 37.6 Å². The maximum absolute atomic E-state index is 13.6. The highest BCUT2D eigenvalue weighted by molar-refractivity contribution is 5.79. The second-order valence-corrected chi connectivity index (χ2v) is 10.6. The molecule has 0 unspecified atom stereocenters. The number of nitro groups is 1. The zero-order chi connectivity index (χ0) is 26.9. The molecule has 2 aliphatic rings. The number of rotatable bonds is 6. The van der Waals surface area contributed by atoms with Gasteiger partial charge in [-0.1, -0.05) is 31.4 Å². The van der Waals surface area contributed by atoms with Crippen molar-refractivity contribution in [3.05, 3.63) is 86.0 Å². The minimum atomic E-state index is -0.393. The zero-order valence-electron chi connectivity index (χ0n) is 22.0. The van der Waals surface area contributed by atoms with Crippen molar-refractivity contribution in [2.45, 2.75) is 51.1 Å². The molecule has 202 valence electrons. The van der Waals surface area contributed by atoms with Crippen molar-refractivity contribution in [1.82, 2.24) is 30.1 Å². The van der Waals surface area contributed by atoms with Crippen molar-refractivity contribution in [2.75, 3.05) is 31.1 Å². The number of tetrazole rings is 1. The molecule has 11 heteroatoms. The van der Waals surface area contributed by atoms with Gasteiger partial charge in [0.05, 0.1) is 11.0 Å². The van der Waals surface area contributed by atoms with Crippen LogP contribution in [-0.2, 0) is 0 Å². The molecule has 1 saturated carbocycles. The second-order valence-electron chi connectivity index (χ2n) is 10.6. The van der Waals surface area contributed by atoms with E-state index in [2.05, 4.69) is 36.4 Å². The van der Waals surface area contributed by atoms with E-state index in [1.807, 2.05) is 29.8 Å². The minimum absolute atomic E-state index is 0.0812. The molecule has 2 fully saturated rings. The maximum Gasteiger partial charge on any atom is 0.269 e. The number of aromatic amines is 1. The van der Waals surface area contributed by atoms with Gasteiger partial charge in [0.1, 0.15) is 6.04 Å². The van der Waals surface area contributed by atoms with Crippen LogP contribution in [0.15, 0.2) is 53.3 Å². The molecule has 2 aromatic carbocycles. The van der Waals surface area contributed by atoms with Crippen LogP contribution in [0.3, 0.4) is 0 Å². The lowest BCUT2D eigenvalue weighted by atomic mass is 9.95. The fourth-order valence-electron chi connectivity index (χ4n) is 6.02. The summed E-state index contributed by atoms with van der Waals surface area (Å²) in [5, 5.41) is 25.1. The number of hydrogen-bond donors (Lipinski definition) is 1. The van der Waals surface area contributed by atoms with Gasteiger partial charge in [-0.2, -0.15) is 0 Å². The quantitative estimate of drug-likeness (QED) is 0.292. The van der Waals surface area contributed by atoms with Gasteiger partial charge in [-0.3, -0.25) is 19.8 Å². The van der Waals surface area contributed by atoms with Crippen molar-refractivity contribution in [2.24, 2.45) is 0 Å². The third kappa shape index (κ3) is 5.01. The standard InChI is InChI=1S/C28H32N8O3/c1-19-7-8-20-18-24(28(37)29-25(20)17-19)26(27-30-31-32-35(27)22-5-3-2-4-6-22)34-15-13-33(14-16-34)21-9-11-23(12-10-21)36(38)39/h7-12,17-18,22,26H,2-6,13-16H2,1H3,(H,29,37)/t26-/m0/s1. The van der Waals surface area contributed by atoms with Crippen LogP contribution in [0.4, 0.5) is 11.4 Å². The molecule has 0 bridgehead atoms. The molecule has 4 aromatic rings. The van der Waals surface area contributed by atoms with Gasteiger partial charge in [-0.15, -0.1) is 5.10 Å². The lowest BCUT2D eigenvalue weighted by Gasteiger charge is -2.40. The normalized spacial score (nSPS) is 17.9. The molecule has 39 heavy (non-hydrogen) atoms. The Morgan fingerprint density at radius 1 is 1.00 bits per heavy atom. The number of nitro benzene ring substituents is 1. The fourth-order valence-corrected chi connectivity index (χ4v) is 6.02. The molecule has 1 saturated heterocycles. The molecule has 1 aliphatic heterocycles. The third-order valence-corrected chi connectivity index (χ3v) is 8.11. The smallest absolute Gasteiger partial charge is 0.269 e. The van der Waals surface area contributed by atoms with Crippen LogP contribution in [-0.4, -0.2) is 61.2 Å². The SMILES string of the molecule is Cc1ccc2cc([C@@H](c3nnnn3C3CCCCC3)N3CCN(c4ccc([N+](=O)[O-])cc4)CC3)c(=O)[nH]c2c1. The van der Waals surface area contributed by atoms with E-state index in [9.17, 15) is 14.9 Å². The van der Waals surface area contributed by atoms with E-state index < -0.39 is 6.04 Å². The summed E-state index contributed by atoms with van der Waals surface area (Å²) in [5.41, 5.74) is 3.44. The summed E-state index contributed by atoms with van der Waals surface area (Å²) in [7, 11) is 0. The summed E-state index contributed by atoms with van der Waals surface area (Å²) in [6, 6.07) is 14.6. The lowest BCUT2D eigenvalue weighted by molar-refractivity contribution is -0.384. The highest BCUT2D eigenvalue weighted by Gasteiger charge is 2.34. The lowest BCUT2D eigenvalue weighted by Crippen LogP contribution is -2.49. The first-order valence-electron chi connectivity index (χ1n) is 13.6. The van der Waals surface area contributed by atoms with Crippen LogP contribution in [0.25, 0.3) is 10.9 Å². The number of aromatic nitrogens is 5. The van der Waals surface area contributed by atoms with Crippen molar-refractivity contribution in [1.29, 1.82) is 0 Å². The Morgan fingerprint density at radius 3 is 2.46 bits per heavy atom. The molecule has 1 N–H and O–H groups in total. The largest absolute Gasteiger partial charge is 0.369 e. The topological polar surface area (TPSA) is 126 Å². The number of benzene rings is 2.